The molecular formula is C20H23NO3S. The highest BCUT2D eigenvalue weighted by Gasteiger charge is 2.24. The highest BCUT2D eigenvalue weighted by molar-refractivity contribution is 7.10. The van der Waals surface area contributed by atoms with Crippen LogP contribution in [0.4, 0.5) is 0 Å². The first-order chi connectivity index (χ1) is 12.1. The summed E-state index contributed by atoms with van der Waals surface area (Å²) in [5, 5.41) is 4.70. The second-order valence-electron chi connectivity index (χ2n) is 6.33. The van der Waals surface area contributed by atoms with E-state index in [-0.39, 0.29) is 11.9 Å². The van der Waals surface area contributed by atoms with Crippen molar-refractivity contribution in [2.45, 2.75) is 45.1 Å². The Kier molecular flexibility index (Phi) is 5.87. The summed E-state index contributed by atoms with van der Waals surface area (Å²) in [6.45, 7) is 2.15. The molecule has 1 N–H and O–H groups in total. The number of ether oxygens (including phenoxy) is 1. The fraction of sp³-hybridized carbons (Fsp3) is 0.400. The van der Waals surface area contributed by atoms with Gasteiger partial charge >= 0.3 is 5.97 Å². The molecule has 2 aromatic rings. The van der Waals surface area contributed by atoms with Crippen LogP contribution >= 0.6 is 11.3 Å². The zero-order chi connectivity index (χ0) is 17.6. The van der Waals surface area contributed by atoms with Gasteiger partial charge in [-0.25, -0.2) is 4.79 Å². The number of esters is 1. The van der Waals surface area contributed by atoms with Crippen molar-refractivity contribution in [1.82, 2.24) is 5.32 Å². The molecule has 1 aromatic carbocycles. The van der Waals surface area contributed by atoms with Crippen molar-refractivity contribution in [2.24, 2.45) is 0 Å². The summed E-state index contributed by atoms with van der Waals surface area (Å²) in [4.78, 5) is 25.8. The molecule has 1 aromatic heterocycles. The van der Waals surface area contributed by atoms with Crippen LogP contribution < -0.4 is 5.32 Å². The van der Waals surface area contributed by atoms with Gasteiger partial charge in [0.1, 0.15) is 0 Å². The predicted octanol–water partition coefficient (Wildman–Crippen LogP) is 3.53. The number of thiophene rings is 1. The predicted molar refractivity (Wildman–Crippen MR) is 99.0 cm³/mol. The summed E-state index contributed by atoms with van der Waals surface area (Å²) < 4.78 is 5.38. The molecule has 4 nitrogen and oxygen atoms in total. The van der Waals surface area contributed by atoms with E-state index in [1.54, 1.807) is 18.3 Å². The van der Waals surface area contributed by atoms with Crippen LogP contribution in [0, 0.1) is 0 Å². The van der Waals surface area contributed by atoms with Gasteiger partial charge in [0.05, 0.1) is 5.56 Å². The number of aryl methyl sites for hydroxylation is 1. The molecule has 0 spiro atoms. The third-order valence-electron chi connectivity index (χ3n) is 4.49. The molecule has 1 aliphatic carbocycles. The number of carbonyl (C=O) groups is 2. The summed E-state index contributed by atoms with van der Waals surface area (Å²) >= 11 is 1.63. The number of rotatable bonds is 6. The number of amides is 1. The molecule has 25 heavy (non-hydrogen) atoms. The molecule has 1 atom stereocenters. The van der Waals surface area contributed by atoms with E-state index in [1.165, 1.54) is 11.3 Å². The Labute approximate surface area is 152 Å². The van der Waals surface area contributed by atoms with Gasteiger partial charge in [0, 0.05) is 16.8 Å². The van der Waals surface area contributed by atoms with Gasteiger partial charge in [-0.05, 0) is 50.2 Å². The average molecular weight is 357 g/mol. The van der Waals surface area contributed by atoms with Crippen molar-refractivity contribution in [3.8, 4) is 0 Å². The lowest BCUT2D eigenvalue weighted by atomic mass is 9.96. The Morgan fingerprint density at radius 1 is 1.20 bits per heavy atom. The van der Waals surface area contributed by atoms with Crippen LogP contribution in [0.15, 0.2) is 35.7 Å². The van der Waals surface area contributed by atoms with E-state index in [4.69, 9.17) is 4.74 Å². The van der Waals surface area contributed by atoms with Crippen molar-refractivity contribution in [3.63, 3.8) is 0 Å². The molecule has 5 heteroatoms. The molecule has 1 heterocycles. The van der Waals surface area contributed by atoms with Crippen molar-refractivity contribution in [1.29, 1.82) is 0 Å². The van der Waals surface area contributed by atoms with E-state index in [0.29, 0.717) is 12.1 Å². The van der Waals surface area contributed by atoms with E-state index in [0.717, 1.165) is 36.8 Å². The van der Waals surface area contributed by atoms with Crippen molar-refractivity contribution >= 4 is 23.2 Å². The molecule has 0 radical (unpaired) electrons. The monoisotopic (exact) mass is 357 g/mol. The Balaban J connectivity index is 1.49. The zero-order valence-corrected chi connectivity index (χ0v) is 15.2. The van der Waals surface area contributed by atoms with Gasteiger partial charge in [-0.3, -0.25) is 4.79 Å². The van der Waals surface area contributed by atoms with Crippen molar-refractivity contribution < 1.29 is 14.3 Å². The number of benzene rings is 1. The van der Waals surface area contributed by atoms with Crippen LogP contribution in [0.3, 0.4) is 0 Å². The summed E-state index contributed by atoms with van der Waals surface area (Å²) in [5.41, 5.74) is 2.93. The van der Waals surface area contributed by atoms with E-state index in [2.05, 4.69) is 5.32 Å². The molecule has 0 saturated heterocycles. The van der Waals surface area contributed by atoms with E-state index in [9.17, 15) is 9.59 Å². The van der Waals surface area contributed by atoms with E-state index in [1.807, 2.05) is 35.7 Å². The molecule has 0 bridgehead atoms. The van der Waals surface area contributed by atoms with Gasteiger partial charge in [-0.15, -0.1) is 11.3 Å². The maximum Gasteiger partial charge on any atom is 0.340 e. The van der Waals surface area contributed by atoms with Crippen LogP contribution in [-0.4, -0.2) is 24.5 Å². The Bertz CT molecular complexity index is 739. The molecule has 0 saturated carbocycles. The Hall–Kier alpha value is -2.14. The van der Waals surface area contributed by atoms with Crippen LogP contribution in [0.25, 0.3) is 0 Å². The fourth-order valence-electron chi connectivity index (χ4n) is 3.06. The van der Waals surface area contributed by atoms with Gasteiger partial charge < -0.3 is 10.1 Å². The lowest BCUT2D eigenvalue weighted by molar-refractivity contribution is -0.129. The lowest BCUT2D eigenvalue weighted by Gasteiger charge is -2.15. The van der Waals surface area contributed by atoms with Gasteiger partial charge in [0.2, 0.25) is 0 Å². The van der Waals surface area contributed by atoms with Gasteiger partial charge in [-0.2, -0.15) is 0 Å². The third kappa shape index (κ3) is 4.48. The van der Waals surface area contributed by atoms with Crippen LogP contribution in [0.1, 0.15) is 46.1 Å². The lowest BCUT2D eigenvalue weighted by Crippen LogP contribution is -2.37. The molecule has 3 rings (SSSR count). The second-order valence-corrected chi connectivity index (χ2v) is 7.30. The summed E-state index contributed by atoms with van der Waals surface area (Å²) in [6, 6.07) is 9.96. The number of carbonyl (C=O) groups excluding carboxylic acids is 2. The zero-order valence-electron chi connectivity index (χ0n) is 14.4. The third-order valence-corrected chi connectivity index (χ3v) is 5.58. The molecule has 1 amide bonds. The molecular weight excluding hydrogens is 334 g/mol. The number of hydrogen-bond acceptors (Lipinski definition) is 4. The quantitative estimate of drug-likeness (QED) is 0.805. The van der Waals surface area contributed by atoms with Crippen molar-refractivity contribution in [3.05, 3.63) is 57.3 Å². The molecule has 132 valence electrons. The molecule has 1 aliphatic rings. The van der Waals surface area contributed by atoms with Crippen LogP contribution in [-0.2, 0) is 28.8 Å². The minimum atomic E-state index is -0.789. The smallest absolute Gasteiger partial charge is 0.340 e. The molecule has 0 unspecified atom stereocenters. The highest BCUT2D eigenvalue weighted by atomic mass is 32.1. The van der Waals surface area contributed by atoms with E-state index < -0.39 is 6.10 Å². The number of hydrogen-bond donors (Lipinski definition) is 1. The first kappa shape index (κ1) is 17.7. The minimum Gasteiger partial charge on any atom is -0.449 e. The Morgan fingerprint density at radius 3 is 2.76 bits per heavy atom. The van der Waals surface area contributed by atoms with Gasteiger partial charge in [-0.1, -0.05) is 30.3 Å². The summed E-state index contributed by atoms with van der Waals surface area (Å²) in [5.74, 6) is -0.640. The van der Waals surface area contributed by atoms with Gasteiger partial charge in [0.25, 0.3) is 5.91 Å². The van der Waals surface area contributed by atoms with Crippen LogP contribution in [0.5, 0.6) is 0 Å². The maximum atomic E-state index is 12.4. The normalized spacial score (nSPS) is 14.4. The maximum absolute atomic E-state index is 12.4. The first-order valence-electron chi connectivity index (χ1n) is 8.77. The highest BCUT2D eigenvalue weighted by Crippen LogP contribution is 2.30. The van der Waals surface area contributed by atoms with Gasteiger partial charge in [0.15, 0.2) is 6.10 Å². The molecule has 0 fully saturated rings. The Morgan fingerprint density at radius 2 is 1.96 bits per heavy atom. The van der Waals surface area contributed by atoms with Crippen LogP contribution in [0.2, 0.25) is 0 Å². The van der Waals surface area contributed by atoms with E-state index >= 15 is 0 Å². The number of nitrogens with one attached hydrogen (secondary N) is 1. The first-order valence-corrected chi connectivity index (χ1v) is 9.65. The largest absolute Gasteiger partial charge is 0.449 e. The second kappa shape index (κ2) is 8.30. The SMILES string of the molecule is C[C@H](OC(=O)c1csc2c1CCCC2)C(=O)NCCc1ccccc1. The minimum absolute atomic E-state index is 0.256. The standard InChI is InChI=1S/C20H23NO3S/c1-14(19(22)21-12-11-15-7-3-2-4-8-15)24-20(23)17-13-25-18-10-6-5-9-16(17)18/h2-4,7-8,13-14H,5-6,9-12H2,1H3,(H,21,22)/t14-/m0/s1. The summed E-state index contributed by atoms with van der Waals surface area (Å²) in [7, 11) is 0. The summed E-state index contributed by atoms with van der Waals surface area (Å²) in [6.07, 6.45) is 4.24. The number of fused-ring (bicyclic) bond motifs is 1. The topological polar surface area (TPSA) is 55.4 Å². The molecule has 0 aliphatic heterocycles. The van der Waals surface area contributed by atoms with Crippen molar-refractivity contribution in [2.75, 3.05) is 6.54 Å². The fourth-order valence-corrected chi connectivity index (χ4v) is 4.18. The average Bonchev–Trinajstić information content (AvgIpc) is 3.06.